The summed E-state index contributed by atoms with van der Waals surface area (Å²) in [7, 11) is 0. The van der Waals surface area contributed by atoms with Gasteiger partial charge in [-0.3, -0.25) is 0 Å². The van der Waals surface area contributed by atoms with Crippen LogP contribution in [-0.2, 0) is 6.54 Å². The first kappa shape index (κ1) is 12.4. The fourth-order valence-electron chi connectivity index (χ4n) is 2.86. The van der Waals surface area contributed by atoms with E-state index in [2.05, 4.69) is 11.8 Å². The first-order valence-electron chi connectivity index (χ1n) is 6.52. The molecule has 3 heteroatoms. The van der Waals surface area contributed by atoms with Crippen LogP contribution < -0.4 is 10.6 Å². The highest BCUT2D eigenvalue weighted by Crippen LogP contribution is 2.32. The van der Waals surface area contributed by atoms with E-state index in [9.17, 15) is 4.39 Å². The predicted octanol–water partition coefficient (Wildman–Crippen LogP) is 3.05. The Morgan fingerprint density at radius 1 is 1.35 bits per heavy atom. The number of anilines is 1. The summed E-state index contributed by atoms with van der Waals surface area (Å²) in [6, 6.07) is 5.69. The number of hydrogen-bond acceptors (Lipinski definition) is 2. The highest BCUT2D eigenvalue weighted by molar-refractivity contribution is 5.55. The van der Waals surface area contributed by atoms with Gasteiger partial charge >= 0.3 is 0 Å². The molecule has 2 rings (SSSR count). The summed E-state index contributed by atoms with van der Waals surface area (Å²) >= 11 is 0. The molecule has 0 unspecified atom stereocenters. The monoisotopic (exact) mass is 236 g/mol. The lowest BCUT2D eigenvalue weighted by atomic mass is 10.1. The van der Waals surface area contributed by atoms with Crippen molar-refractivity contribution in [2.24, 2.45) is 5.73 Å². The molecule has 0 heterocycles. The Hall–Kier alpha value is -1.09. The zero-order chi connectivity index (χ0) is 12.3. The summed E-state index contributed by atoms with van der Waals surface area (Å²) in [5.74, 6) is -0.137. The van der Waals surface area contributed by atoms with Crippen molar-refractivity contribution in [3.05, 3.63) is 29.6 Å². The summed E-state index contributed by atoms with van der Waals surface area (Å²) in [4.78, 5) is 2.20. The van der Waals surface area contributed by atoms with Crippen LogP contribution in [0.1, 0.15) is 38.2 Å². The number of nitrogens with zero attached hydrogens (tertiary/aromatic N) is 1. The second kappa shape index (κ2) is 5.50. The Morgan fingerprint density at radius 3 is 2.65 bits per heavy atom. The highest BCUT2D eigenvalue weighted by atomic mass is 19.1. The largest absolute Gasteiger partial charge is 0.366 e. The minimum absolute atomic E-state index is 0.137. The van der Waals surface area contributed by atoms with Crippen molar-refractivity contribution >= 4 is 5.69 Å². The fraction of sp³-hybridized carbons (Fsp3) is 0.571. The molecule has 0 radical (unpaired) electrons. The minimum Gasteiger partial charge on any atom is -0.366 e. The first-order valence-corrected chi connectivity index (χ1v) is 6.52. The van der Waals surface area contributed by atoms with E-state index in [0.29, 0.717) is 12.6 Å². The number of hydrogen-bond donors (Lipinski definition) is 1. The molecule has 1 aromatic carbocycles. The maximum atomic E-state index is 14.0. The summed E-state index contributed by atoms with van der Waals surface area (Å²) in [5, 5.41) is 0. The molecule has 0 spiro atoms. The molecule has 2 nitrogen and oxygen atoms in total. The standard InChI is InChI=1S/C14H21FN2/c1-2-17(12-7-3-4-8-12)14-11(10-16)6-5-9-13(14)15/h5-6,9,12H,2-4,7-8,10,16H2,1H3. The molecule has 1 aliphatic rings. The van der Waals surface area contributed by atoms with Gasteiger partial charge in [-0.1, -0.05) is 25.0 Å². The maximum Gasteiger partial charge on any atom is 0.146 e. The third-order valence-electron chi connectivity index (χ3n) is 3.68. The Balaban J connectivity index is 2.35. The number of benzene rings is 1. The molecular weight excluding hydrogens is 215 g/mol. The zero-order valence-electron chi connectivity index (χ0n) is 10.5. The van der Waals surface area contributed by atoms with Crippen LogP contribution in [0.15, 0.2) is 18.2 Å². The van der Waals surface area contributed by atoms with Crippen molar-refractivity contribution in [1.82, 2.24) is 0 Å². The molecule has 0 bridgehead atoms. The van der Waals surface area contributed by atoms with Crippen LogP contribution in [0, 0.1) is 5.82 Å². The molecule has 17 heavy (non-hydrogen) atoms. The van der Waals surface area contributed by atoms with Gasteiger partial charge < -0.3 is 10.6 Å². The van der Waals surface area contributed by atoms with Gasteiger partial charge in [0.15, 0.2) is 0 Å². The van der Waals surface area contributed by atoms with Gasteiger partial charge in [0.2, 0.25) is 0 Å². The summed E-state index contributed by atoms with van der Waals surface area (Å²) < 4.78 is 14.0. The van der Waals surface area contributed by atoms with E-state index in [-0.39, 0.29) is 5.82 Å². The quantitative estimate of drug-likeness (QED) is 0.870. The molecule has 2 N–H and O–H groups in total. The van der Waals surface area contributed by atoms with Crippen LogP contribution in [0.3, 0.4) is 0 Å². The van der Waals surface area contributed by atoms with Crippen LogP contribution in [0.25, 0.3) is 0 Å². The van der Waals surface area contributed by atoms with Crippen LogP contribution >= 0.6 is 0 Å². The van der Waals surface area contributed by atoms with E-state index < -0.39 is 0 Å². The van der Waals surface area contributed by atoms with Crippen molar-refractivity contribution in [2.75, 3.05) is 11.4 Å². The van der Waals surface area contributed by atoms with Gasteiger partial charge in [-0.25, -0.2) is 4.39 Å². The van der Waals surface area contributed by atoms with Gasteiger partial charge in [0.25, 0.3) is 0 Å². The summed E-state index contributed by atoms with van der Waals surface area (Å²) in [6.45, 7) is 3.33. The van der Waals surface area contributed by atoms with Gasteiger partial charge in [0.1, 0.15) is 5.82 Å². The predicted molar refractivity (Wildman–Crippen MR) is 69.6 cm³/mol. The van der Waals surface area contributed by atoms with Crippen LogP contribution in [0.5, 0.6) is 0 Å². The molecule has 94 valence electrons. The van der Waals surface area contributed by atoms with Crippen molar-refractivity contribution in [3.63, 3.8) is 0 Å². The van der Waals surface area contributed by atoms with E-state index in [1.54, 1.807) is 6.07 Å². The van der Waals surface area contributed by atoms with Crippen molar-refractivity contribution in [1.29, 1.82) is 0 Å². The third kappa shape index (κ3) is 2.44. The van der Waals surface area contributed by atoms with Gasteiger partial charge in [-0.2, -0.15) is 0 Å². The van der Waals surface area contributed by atoms with Crippen molar-refractivity contribution in [3.8, 4) is 0 Å². The van der Waals surface area contributed by atoms with Crippen LogP contribution in [0.2, 0.25) is 0 Å². The molecule has 0 aliphatic heterocycles. The van der Waals surface area contributed by atoms with Gasteiger partial charge in [0.05, 0.1) is 5.69 Å². The second-order valence-electron chi connectivity index (χ2n) is 4.68. The third-order valence-corrected chi connectivity index (χ3v) is 3.68. The van der Waals surface area contributed by atoms with E-state index in [1.165, 1.54) is 31.7 Å². The van der Waals surface area contributed by atoms with Crippen molar-refractivity contribution < 1.29 is 4.39 Å². The van der Waals surface area contributed by atoms with E-state index in [0.717, 1.165) is 17.8 Å². The van der Waals surface area contributed by atoms with Crippen LogP contribution in [-0.4, -0.2) is 12.6 Å². The number of halogens is 1. The average molecular weight is 236 g/mol. The van der Waals surface area contributed by atoms with Gasteiger partial charge in [-0.05, 0) is 31.4 Å². The van der Waals surface area contributed by atoms with Gasteiger partial charge in [0, 0.05) is 19.1 Å². The molecule has 1 saturated carbocycles. The molecule has 0 atom stereocenters. The Kier molecular flexibility index (Phi) is 4.00. The lowest BCUT2D eigenvalue weighted by molar-refractivity contribution is 0.575. The molecule has 1 aliphatic carbocycles. The van der Waals surface area contributed by atoms with E-state index in [4.69, 9.17) is 5.73 Å². The van der Waals surface area contributed by atoms with Gasteiger partial charge in [-0.15, -0.1) is 0 Å². The lowest BCUT2D eigenvalue weighted by Crippen LogP contribution is -2.34. The summed E-state index contributed by atoms with van der Waals surface area (Å²) in [6.07, 6.45) is 4.86. The molecule has 1 fully saturated rings. The summed E-state index contributed by atoms with van der Waals surface area (Å²) in [5.41, 5.74) is 7.36. The highest BCUT2D eigenvalue weighted by Gasteiger charge is 2.25. The molecule has 0 saturated heterocycles. The molecule has 1 aromatic rings. The fourth-order valence-corrected chi connectivity index (χ4v) is 2.86. The van der Waals surface area contributed by atoms with Crippen LogP contribution in [0.4, 0.5) is 10.1 Å². The number of para-hydroxylation sites is 1. The number of nitrogens with two attached hydrogens (primary N) is 1. The first-order chi connectivity index (χ1) is 8.27. The maximum absolute atomic E-state index is 14.0. The molecule has 0 amide bonds. The smallest absolute Gasteiger partial charge is 0.146 e. The lowest BCUT2D eigenvalue weighted by Gasteiger charge is -2.32. The Morgan fingerprint density at radius 2 is 2.06 bits per heavy atom. The Bertz CT molecular complexity index is 372. The SMILES string of the molecule is CCN(c1c(F)cccc1CN)C1CCCC1. The minimum atomic E-state index is -0.137. The Labute approximate surface area is 103 Å². The molecule has 0 aromatic heterocycles. The van der Waals surface area contributed by atoms with E-state index >= 15 is 0 Å². The number of rotatable bonds is 4. The average Bonchev–Trinajstić information content (AvgIpc) is 2.86. The van der Waals surface area contributed by atoms with E-state index in [1.807, 2.05) is 6.07 Å². The zero-order valence-corrected chi connectivity index (χ0v) is 10.5. The molecular formula is C14H21FN2. The van der Waals surface area contributed by atoms with Crippen molar-refractivity contribution in [2.45, 2.75) is 45.2 Å². The normalized spacial score (nSPS) is 16.4. The second-order valence-corrected chi connectivity index (χ2v) is 4.68. The topological polar surface area (TPSA) is 29.3 Å².